The van der Waals surface area contributed by atoms with Crippen molar-refractivity contribution >= 4 is 38.3 Å². The Morgan fingerprint density at radius 2 is 2.17 bits per heavy atom. The highest BCUT2D eigenvalue weighted by atomic mass is 79.9. The van der Waals surface area contributed by atoms with E-state index >= 15 is 0 Å². The summed E-state index contributed by atoms with van der Waals surface area (Å²) in [6.07, 6.45) is 0. The molecule has 0 radical (unpaired) electrons. The van der Waals surface area contributed by atoms with Crippen molar-refractivity contribution in [3.05, 3.63) is 39.7 Å². The molecule has 2 aromatic heterocycles. The van der Waals surface area contributed by atoms with Gasteiger partial charge in [-0.15, -0.1) is 11.3 Å². The van der Waals surface area contributed by atoms with Crippen LogP contribution in [0.3, 0.4) is 0 Å². The Labute approximate surface area is 116 Å². The lowest BCUT2D eigenvalue weighted by atomic mass is 10.2. The maximum Gasteiger partial charge on any atom is 0.151 e. The Balaban J connectivity index is 2.26. The number of hydrogen-bond donors (Lipinski definition) is 0. The van der Waals surface area contributed by atoms with Gasteiger partial charge in [0.2, 0.25) is 0 Å². The zero-order valence-corrected chi connectivity index (χ0v) is 11.9. The van der Waals surface area contributed by atoms with E-state index in [1.807, 2.05) is 35.9 Å². The van der Waals surface area contributed by atoms with Gasteiger partial charge in [0.1, 0.15) is 0 Å². The number of nitriles is 1. The molecular formula is C13H8BrN3S. The second-order valence-corrected chi connectivity index (χ2v) is 6.38. The van der Waals surface area contributed by atoms with Gasteiger partial charge in [0.05, 0.1) is 31.3 Å². The fourth-order valence-electron chi connectivity index (χ4n) is 1.91. The minimum Gasteiger partial charge on any atom is -0.326 e. The summed E-state index contributed by atoms with van der Waals surface area (Å²) in [7, 11) is 1.97. The van der Waals surface area contributed by atoms with Gasteiger partial charge in [0, 0.05) is 7.05 Å². The van der Waals surface area contributed by atoms with Crippen LogP contribution in [0, 0.1) is 11.3 Å². The van der Waals surface area contributed by atoms with Crippen LogP contribution in [0.25, 0.3) is 21.7 Å². The Kier molecular flexibility index (Phi) is 2.69. The molecule has 0 amide bonds. The average molecular weight is 318 g/mol. The SMILES string of the molecule is Cn1c(-c2ccc(Br)s2)nc2ccc(C#N)cc21. The predicted molar refractivity (Wildman–Crippen MR) is 76.4 cm³/mol. The van der Waals surface area contributed by atoms with Gasteiger partial charge in [0.15, 0.2) is 5.82 Å². The Morgan fingerprint density at radius 3 is 2.83 bits per heavy atom. The molecule has 3 aromatic rings. The molecule has 0 fully saturated rings. The smallest absolute Gasteiger partial charge is 0.151 e. The molecule has 2 heterocycles. The summed E-state index contributed by atoms with van der Waals surface area (Å²) >= 11 is 5.11. The zero-order valence-electron chi connectivity index (χ0n) is 9.51. The number of halogens is 1. The van der Waals surface area contributed by atoms with Crippen molar-refractivity contribution in [2.24, 2.45) is 7.05 Å². The first-order valence-electron chi connectivity index (χ1n) is 5.31. The molecule has 0 bridgehead atoms. The van der Waals surface area contributed by atoms with Crippen LogP contribution < -0.4 is 0 Å². The summed E-state index contributed by atoms with van der Waals surface area (Å²) in [6, 6.07) is 11.8. The molecule has 5 heteroatoms. The first kappa shape index (κ1) is 11.5. The molecule has 0 aliphatic carbocycles. The van der Waals surface area contributed by atoms with Crippen LogP contribution in [0.1, 0.15) is 5.56 Å². The third-order valence-electron chi connectivity index (χ3n) is 2.80. The lowest BCUT2D eigenvalue weighted by Crippen LogP contribution is -1.90. The quantitative estimate of drug-likeness (QED) is 0.682. The monoisotopic (exact) mass is 317 g/mol. The Hall–Kier alpha value is -1.64. The first-order chi connectivity index (χ1) is 8.69. The molecule has 0 spiro atoms. The van der Waals surface area contributed by atoms with Gasteiger partial charge in [-0.25, -0.2) is 4.98 Å². The van der Waals surface area contributed by atoms with E-state index in [0.717, 1.165) is 25.5 Å². The van der Waals surface area contributed by atoms with Crippen LogP contribution in [-0.2, 0) is 7.05 Å². The number of aromatic nitrogens is 2. The van der Waals surface area contributed by atoms with Crippen molar-refractivity contribution in [3.63, 3.8) is 0 Å². The number of fused-ring (bicyclic) bond motifs is 1. The van der Waals surface area contributed by atoms with E-state index in [0.29, 0.717) is 5.56 Å². The van der Waals surface area contributed by atoms with Crippen LogP contribution in [0.4, 0.5) is 0 Å². The molecule has 0 unspecified atom stereocenters. The van der Waals surface area contributed by atoms with Crippen LogP contribution >= 0.6 is 27.3 Å². The molecule has 0 aliphatic rings. The van der Waals surface area contributed by atoms with Crippen LogP contribution in [-0.4, -0.2) is 9.55 Å². The summed E-state index contributed by atoms with van der Waals surface area (Å²) in [5.74, 6) is 0.927. The minimum atomic E-state index is 0.657. The summed E-state index contributed by atoms with van der Waals surface area (Å²) in [4.78, 5) is 5.72. The van der Waals surface area contributed by atoms with Gasteiger partial charge >= 0.3 is 0 Å². The third kappa shape index (κ3) is 1.74. The van der Waals surface area contributed by atoms with E-state index in [2.05, 4.69) is 27.0 Å². The van der Waals surface area contributed by atoms with Crippen molar-refractivity contribution in [2.45, 2.75) is 0 Å². The molecule has 3 rings (SSSR count). The molecule has 3 nitrogen and oxygen atoms in total. The molecule has 0 saturated heterocycles. The van der Waals surface area contributed by atoms with E-state index in [4.69, 9.17) is 5.26 Å². The predicted octanol–water partition coefficient (Wildman–Crippen LogP) is 3.94. The fraction of sp³-hybridized carbons (Fsp3) is 0.0769. The maximum atomic E-state index is 8.93. The molecule has 0 atom stereocenters. The highest BCUT2D eigenvalue weighted by molar-refractivity contribution is 9.11. The van der Waals surface area contributed by atoms with E-state index in [1.54, 1.807) is 17.4 Å². The second kappa shape index (κ2) is 4.23. The standard InChI is InChI=1S/C13H8BrN3S/c1-17-10-6-8(7-15)2-3-9(10)16-13(17)11-4-5-12(14)18-11/h2-6H,1H3. The van der Waals surface area contributed by atoms with Crippen LogP contribution in [0.2, 0.25) is 0 Å². The summed E-state index contributed by atoms with van der Waals surface area (Å²) < 4.78 is 3.11. The zero-order chi connectivity index (χ0) is 12.7. The van der Waals surface area contributed by atoms with Gasteiger partial charge < -0.3 is 4.57 Å². The number of hydrogen-bond acceptors (Lipinski definition) is 3. The van der Waals surface area contributed by atoms with E-state index in [9.17, 15) is 0 Å². The number of thiophene rings is 1. The topological polar surface area (TPSA) is 41.6 Å². The average Bonchev–Trinajstić information content (AvgIpc) is 2.94. The molecule has 18 heavy (non-hydrogen) atoms. The highest BCUT2D eigenvalue weighted by Gasteiger charge is 2.11. The van der Waals surface area contributed by atoms with Gasteiger partial charge in [-0.05, 0) is 46.3 Å². The highest BCUT2D eigenvalue weighted by Crippen LogP contribution is 2.32. The third-order valence-corrected chi connectivity index (χ3v) is 4.42. The fourth-order valence-corrected chi connectivity index (χ4v) is 3.33. The maximum absolute atomic E-state index is 8.93. The Morgan fingerprint density at radius 1 is 1.33 bits per heavy atom. The van der Waals surface area contributed by atoms with Crippen molar-refractivity contribution in [3.8, 4) is 16.8 Å². The number of rotatable bonds is 1. The molecule has 88 valence electrons. The van der Waals surface area contributed by atoms with E-state index < -0.39 is 0 Å². The number of imidazole rings is 1. The number of benzene rings is 1. The van der Waals surface area contributed by atoms with Crippen molar-refractivity contribution < 1.29 is 0 Å². The van der Waals surface area contributed by atoms with Crippen molar-refractivity contribution in [2.75, 3.05) is 0 Å². The lowest BCUT2D eigenvalue weighted by Gasteiger charge is -1.99. The summed E-state index contributed by atoms with van der Waals surface area (Å²) in [6.45, 7) is 0. The normalized spacial score (nSPS) is 10.7. The van der Waals surface area contributed by atoms with Gasteiger partial charge in [0.25, 0.3) is 0 Å². The van der Waals surface area contributed by atoms with E-state index in [-0.39, 0.29) is 0 Å². The van der Waals surface area contributed by atoms with Crippen LogP contribution in [0.15, 0.2) is 34.1 Å². The van der Waals surface area contributed by atoms with Gasteiger partial charge in [-0.1, -0.05) is 0 Å². The second-order valence-electron chi connectivity index (χ2n) is 3.91. The first-order valence-corrected chi connectivity index (χ1v) is 6.92. The molecule has 0 aliphatic heterocycles. The molecular weight excluding hydrogens is 310 g/mol. The van der Waals surface area contributed by atoms with Crippen molar-refractivity contribution in [1.82, 2.24) is 9.55 Å². The summed E-state index contributed by atoms with van der Waals surface area (Å²) in [5.41, 5.74) is 2.55. The summed E-state index contributed by atoms with van der Waals surface area (Å²) in [5, 5.41) is 8.93. The molecule has 0 N–H and O–H groups in total. The minimum absolute atomic E-state index is 0.657. The Bertz CT molecular complexity index is 779. The van der Waals surface area contributed by atoms with Crippen LogP contribution in [0.5, 0.6) is 0 Å². The number of aryl methyl sites for hydroxylation is 1. The van der Waals surface area contributed by atoms with Crippen molar-refractivity contribution in [1.29, 1.82) is 5.26 Å². The van der Waals surface area contributed by atoms with E-state index in [1.165, 1.54) is 0 Å². The molecule has 0 saturated carbocycles. The van der Waals surface area contributed by atoms with Gasteiger partial charge in [-0.3, -0.25) is 0 Å². The molecule has 1 aromatic carbocycles. The number of nitrogens with zero attached hydrogens (tertiary/aromatic N) is 3. The van der Waals surface area contributed by atoms with Gasteiger partial charge in [-0.2, -0.15) is 5.26 Å². The largest absolute Gasteiger partial charge is 0.326 e. The lowest BCUT2D eigenvalue weighted by molar-refractivity contribution is 0.963.